The summed E-state index contributed by atoms with van der Waals surface area (Å²) in [4.78, 5) is 10.8. The Hall–Kier alpha value is -1.51. The van der Waals surface area contributed by atoms with Crippen molar-refractivity contribution in [3.05, 3.63) is 34.4 Å². The molecule has 0 bridgehead atoms. The number of hydrogen-bond donors (Lipinski definition) is 0. The van der Waals surface area contributed by atoms with Crippen molar-refractivity contribution in [3.8, 4) is 0 Å². The van der Waals surface area contributed by atoms with E-state index >= 15 is 0 Å². The van der Waals surface area contributed by atoms with Gasteiger partial charge >= 0.3 is 5.82 Å². The van der Waals surface area contributed by atoms with Crippen LogP contribution in [-0.4, -0.2) is 0 Å². The Bertz CT molecular complexity index is 511. The minimum atomic E-state index is -0.647. The minimum Gasteiger partial charge on any atom is -0.391 e. The summed E-state index contributed by atoms with van der Waals surface area (Å²) in [7, 11) is 0. The van der Waals surface area contributed by atoms with Gasteiger partial charge < -0.3 is 8.83 Å². The van der Waals surface area contributed by atoms with Crippen LogP contribution in [0.2, 0.25) is 0 Å². The van der Waals surface area contributed by atoms with Crippen molar-refractivity contribution in [2.75, 3.05) is 0 Å². The highest BCUT2D eigenvalue weighted by atomic mass is 16.6. The van der Waals surface area contributed by atoms with E-state index in [0.29, 0.717) is 11.2 Å². The zero-order valence-electron chi connectivity index (χ0n) is 8.46. The van der Waals surface area contributed by atoms with E-state index in [-0.39, 0.29) is 5.41 Å². The maximum Gasteiger partial charge on any atom is 0.519 e. The summed E-state index contributed by atoms with van der Waals surface area (Å²) in [6.45, 7) is 6.31. The van der Waals surface area contributed by atoms with E-state index < -0.39 is 5.82 Å². The van der Waals surface area contributed by atoms with Gasteiger partial charge in [0.05, 0.1) is 0 Å². The minimum absolute atomic E-state index is 0.0457. The van der Waals surface area contributed by atoms with Gasteiger partial charge in [-0.2, -0.15) is 0 Å². The van der Waals surface area contributed by atoms with Gasteiger partial charge in [-0.05, 0) is 23.1 Å². The third kappa shape index (κ3) is 1.45. The molecule has 3 heteroatoms. The van der Waals surface area contributed by atoms with E-state index in [1.165, 1.54) is 0 Å². The van der Waals surface area contributed by atoms with Crippen molar-refractivity contribution in [1.82, 2.24) is 0 Å². The van der Waals surface area contributed by atoms with Crippen LogP contribution in [0, 0.1) is 0 Å². The summed E-state index contributed by atoms with van der Waals surface area (Å²) in [6.07, 6.45) is 0. The molecule has 1 aromatic heterocycles. The normalized spacial score (nSPS) is 12.2. The molecule has 0 aliphatic rings. The van der Waals surface area contributed by atoms with Crippen LogP contribution in [-0.2, 0) is 5.41 Å². The SMILES string of the molecule is CC(C)(C)c1ccc2oc(=O)oc2c1. The summed E-state index contributed by atoms with van der Waals surface area (Å²) in [5, 5.41) is 0. The predicted molar refractivity (Wildman–Crippen MR) is 53.5 cm³/mol. The predicted octanol–water partition coefficient (Wildman–Crippen LogP) is 2.68. The molecular formula is C11H12O3. The van der Waals surface area contributed by atoms with Gasteiger partial charge in [0.1, 0.15) is 0 Å². The Morgan fingerprint density at radius 1 is 1.07 bits per heavy atom. The van der Waals surface area contributed by atoms with E-state index in [1.54, 1.807) is 6.07 Å². The maximum absolute atomic E-state index is 10.8. The number of hydrogen-bond acceptors (Lipinski definition) is 3. The first kappa shape index (κ1) is 9.06. The summed E-state index contributed by atoms with van der Waals surface area (Å²) in [5.41, 5.74) is 2.18. The first-order valence-corrected chi connectivity index (χ1v) is 4.51. The largest absolute Gasteiger partial charge is 0.519 e. The van der Waals surface area contributed by atoms with Crippen LogP contribution in [0.15, 0.2) is 31.8 Å². The van der Waals surface area contributed by atoms with E-state index in [9.17, 15) is 4.79 Å². The molecule has 0 unspecified atom stereocenters. The number of rotatable bonds is 0. The molecule has 0 N–H and O–H groups in total. The molecule has 2 rings (SSSR count). The molecule has 0 spiro atoms. The van der Waals surface area contributed by atoms with Gasteiger partial charge in [-0.25, -0.2) is 4.79 Å². The van der Waals surface area contributed by atoms with Crippen LogP contribution >= 0.6 is 0 Å². The second-order valence-corrected chi connectivity index (χ2v) is 4.37. The Kier molecular flexibility index (Phi) is 1.77. The quantitative estimate of drug-likeness (QED) is 0.644. The molecule has 0 saturated carbocycles. The van der Waals surface area contributed by atoms with Gasteiger partial charge in [0.15, 0.2) is 11.2 Å². The first-order chi connectivity index (χ1) is 6.47. The van der Waals surface area contributed by atoms with Crippen molar-refractivity contribution in [3.63, 3.8) is 0 Å². The van der Waals surface area contributed by atoms with E-state index in [4.69, 9.17) is 8.83 Å². The Morgan fingerprint density at radius 2 is 1.71 bits per heavy atom. The number of benzene rings is 1. The molecule has 0 fully saturated rings. The molecule has 2 aromatic rings. The summed E-state index contributed by atoms with van der Waals surface area (Å²) in [6, 6.07) is 5.56. The standard InChI is InChI=1S/C11H12O3/c1-11(2,3)7-4-5-8-9(6-7)14-10(12)13-8/h4-6H,1-3H3. The molecule has 0 aliphatic heterocycles. The fraction of sp³-hybridized carbons (Fsp3) is 0.364. The van der Waals surface area contributed by atoms with Crippen molar-refractivity contribution in [2.24, 2.45) is 0 Å². The average Bonchev–Trinajstić information content (AvgIpc) is 2.41. The monoisotopic (exact) mass is 192 g/mol. The van der Waals surface area contributed by atoms with Crippen molar-refractivity contribution < 1.29 is 8.83 Å². The van der Waals surface area contributed by atoms with Gasteiger partial charge in [-0.15, -0.1) is 0 Å². The lowest BCUT2D eigenvalue weighted by Crippen LogP contribution is -2.10. The summed E-state index contributed by atoms with van der Waals surface area (Å²) >= 11 is 0. The molecular weight excluding hydrogens is 180 g/mol. The fourth-order valence-electron chi connectivity index (χ4n) is 1.34. The molecule has 1 heterocycles. The van der Waals surface area contributed by atoms with Crippen LogP contribution in [0.1, 0.15) is 26.3 Å². The van der Waals surface area contributed by atoms with Crippen LogP contribution < -0.4 is 5.82 Å². The van der Waals surface area contributed by atoms with E-state index in [1.807, 2.05) is 12.1 Å². The summed E-state index contributed by atoms with van der Waals surface area (Å²) < 4.78 is 9.69. The molecule has 0 aliphatic carbocycles. The highest BCUT2D eigenvalue weighted by Crippen LogP contribution is 2.25. The average molecular weight is 192 g/mol. The molecule has 0 atom stereocenters. The fourth-order valence-corrected chi connectivity index (χ4v) is 1.34. The smallest absolute Gasteiger partial charge is 0.391 e. The summed E-state index contributed by atoms with van der Waals surface area (Å²) in [5.74, 6) is -0.647. The second kappa shape index (κ2) is 2.74. The van der Waals surface area contributed by atoms with Crippen molar-refractivity contribution in [1.29, 1.82) is 0 Å². The highest BCUT2D eigenvalue weighted by Gasteiger charge is 2.15. The lowest BCUT2D eigenvalue weighted by Gasteiger charge is -2.17. The van der Waals surface area contributed by atoms with Crippen LogP contribution in [0.3, 0.4) is 0 Å². The van der Waals surface area contributed by atoms with Crippen LogP contribution in [0.4, 0.5) is 0 Å². The topological polar surface area (TPSA) is 43.4 Å². The lowest BCUT2D eigenvalue weighted by molar-refractivity contribution is 0.409. The third-order valence-electron chi connectivity index (χ3n) is 2.20. The van der Waals surface area contributed by atoms with Crippen molar-refractivity contribution in [2.45, 2.75) is 26.2 Å². The van der Waals surface area contributed by atoms with Gasteiger partial charge in [-0.1, -0.05) is 26.8 Å². The Morgan fingerprint density at radius 3 is 2.36 bits per heavy atom. The molecule has 0 saturated heterocycles. The highest BCUT2D eigenvalue weighted by molar-refractivity contribution is 5.70. The van der Waals surface area contributed by atoms with Gasteiger partial charge in [0, 0.05) is 0 Å². The van der Waals surface area contributed by atoms with Crippen LogP contribution in [0.25, 0.3) is 11.2 Å². The zero-order valence-corrected chi connectivity index (χ0v) is 8.46. The Balaban J connectivity index is 2.67. The zero-order chi connectivity index (χ0) is 10.3. The maximum atomic E-state index is 10.8. The third-order valence-corrected chi connectivity index (χ3v) is 2.20. The van der Waals surface area contributed by atoms with Gasteiger partial charge in [-0.3, -0.25) is 0 Å². The Labute approximate surface area is 81.3 Å². The van der Waals surface area contributed by atoms with Crippen molar-refractivity contribution >= 4 is 11.2 Å². The van der Waals surface area contributed by atoms with Crippen LogP contribution in [0.5, 0.6) is 0 Å². The lowest BCUT2D eigenvalue weighted by atomic mass is 9.87. The molecule has 3 nitrogen and oxygen atoms in total. The molecule has 1 aromatic carbocycles. The number of fused-ring (bicyclic) bond motifs is 1. The molecule has 0 amide bonds. The first-order valence-electron chi connectivity index (χ1n) is 4.51. The van der Waals surface area contributed by atoms with E-state index in [2.05, 4.69) is 20.8 Å². The molecule has 14 heavy (non-hydrogen) atoms. The van der Waals surface area contributed by atoms with Gasteiger partial charge in [0.25, 0.3) is 0 Å². The van der Waals surface area contributed by atoms with Gasteiger partial charge in [0.2, 0.25) is 0 Å². The molecule has 0 radical (unpaired) electrons. The van der Waals surface area contributed by atoms with E-state index in [0.717, 1.165) is 5.56 Å². The molecule has 74 valence electrons. The second-order valence-electron chi connectivity index (χ2n) is 4.37.